The summed E-state index contributed by atoms with van der Waals surface area (Å²) >= 11 is 0. The Morgan fingerprint density at radius 3 is 2.54 bits per heavy atom. The number of nitrogens with zero attached hydrogens (tertiary/aromatic N) is 2. The van der Waals surface area contributed by atoms with E-state index in [0.717, 1.165) is 12.8 Å². The van der Waals surface area contributed by atoms with Crippen molar-refractivity contribution in [2.75, 3.05) is 33.2 Å². The van der Waals surface area contributed by atoms with Gasteiger partial charge in [0.2, 0.25) is 10.0 Å². The van der Waals surface area contributed by atoms with E-state index >= 15 is 0 Å². The number of amides is 1. The van der Waals surface area contributed by atoms with Crippen LogP contribution < -0.4 is 5.32 Å². The number of sulfonamides is 1. The normalized spacial score (nSPS) is 18.3. The van der Waals surface area contributed by atoms with Crippen molar-refractivity contribution in [2.24, 2.45) is 0 Å². The molecular weight excluding hydrogens is 326 g/mol. The molecule has 1 N–H and O–H groups in total. The van der Waals surface area contributed by atoms with Crippen molar-refractivity contribution < 1.29 is 13.2 Å². The van der Waals surface area contributed by atoms with Crippen LogP contribution >= 0.6 is 0 Å². The maximum Gasteiger partial charge on any atom is 0.251 e. The summed E-state index contributed by atoms with van der Waals surface area (Å²) in [6.07, 6.45) is 1.88. The Kier molecular flexibility index (Phi) is 6.37. The predicted octanol–water partition coefficient (Wildman–Crippen LogP) is 1.54. The van der Waals surface area contributed by atoms with Gasteiger partial charge in [-0.2, -0.15) is 4.31 Å². The molecule has 0 bridgehead atoms. The number of nitrogens with one attached hydrogen (secondary N) is 1. The monoisotopic (exact) mass is 353 g/mol. The van der Waals surface area contributed by atoms with Gasteiger partial charge in [0.05, 0.1) is 4.90 Å². The van der Waals surface area contributed by atoms with Crippen LogP contribution in [0.25, 0.3) is 0 Å². The molecule has 2 rings (SSSR count). The van der Waals surface area contributed by atoms with Gasteiger partial charge in [-0.05, 0) is 38.6 Å². The van der Waals surface area contributed by atoms with E-state index in [-0.39, 0.29) is 16.8 Å². The quantitative estimate of drug-likeness (QED) is 0.842. The lowest BCUT2D eigenvalue weighted by atomic mass is 10.1. The van der Waals surface area contributed by atoms with E-state index in [1.165, 1.54) is 10.4 Å². The summed E-state index contributed by atoms with van der Waals surface area (Å²) in [5.41, 5.74) is 0.383. The van der Waals surface area contributed by atoms with Crippen LogP contribution in [0.4, 0.5) is 0 Å². The van der Waals surface area contributed by atoms with E-state index in [1.54, 1.807) is 18.2 Å². The van der Waals surface area contributed by atoms with Crippen LogP contribution in [0.1, 0.15) is 37.0 Å². The topological polar surface area (TPSA) is 69.7 Å². The molecule has 0 radical (unpaired) electrons. The molecule has 1 aromatic rings. The summed E-state index contributed by atoms with van der Waals surface area (Å²) in [6, 6.07) is 6.38. The minimum atomic E-state index is -3.55. The highest BCUT2D eigenvalue weighted by Gasteiger charge is 2.28. The Bertz CT molecular complexity index is 667. The van der Waals surface area contributed by atoms with Crippen molar-refractivity contribution in [1.82, 2.24) is 14.5 Å². The molecule has 7 heteroatoms. The molecule has 1 heterocycles. The van der Waals surface area contributed by atoms with Crippen molar-refractivity contribution in [3.8, 4) is 0 Å². The zero-order valence-electron chi connectivity index (χ0n) is 14.7. The molecule has 1 saturated heterocycles. The van der Waals surface area contributed by atoms with E-state index in [9.17, 15) is 13.2 Å². The first-order chi connectivity index (χ1) is 11.3. The SMILES string of the molecule is CCCC(C)NC(=O)c1cccc(S(=O)(=O)N2CCN(C)CC2)c1. The minimum absolute atomic E-state index is 0.0698. The van der Waals surface area contributed by atoms with Crippen molar-refractivity contribution >= 4 is 15.9 Å². The fourth-order valence-corrected chi connectivity index (χ4v) is 4.26. The van der Waals surface area contributed by atoms with Crippen LogP contribution in [0.2, 0.25) is 0 Å². The van der Waals surface area contributed by atoms with Crippen LogP contribution in [0, 0.1) is 0 Å². The van der Waals surface area contributed by atoms with Crippen molar-refractivity contribution in [3.63, 3.8) is 0 Å². The van der Waals surface area contributed by atoms with Gasteiger partial charge in [0.15, 0.2) is 0 Å². The lowest BCUT2D eigenvalue weighted by Crippen LogP contribution is -2.47. The van der Waals surface area contributed by atoms with Gasteiger partial charge in [-0.1, -0.05) is 19.4 Å². The zero-order chi connectivity index (χ0) is 17.7. The largest absolute Gasteiger partial charge is 0.350 e. The van der Waals surface area contributed by atoms with Crippen LogP contribution in [-0.2, 0) is 10.0 Å². The van der Waals surface area contributed by atoms with Gasteiger partial charge in [0.25, 0.3) is 5.91 Å². The molecule has 0 saturated carbocycles. The first-order valence-corrected chi connectivity index (χ1v) is 9.88. The van der Waals surface area contributed by atoms with Gasteiger partial charge >= 0.3 is 0 Å². The third-order valence-corrected chi connectivity index (χ3v) is 6.19. The maximum atomic E-state index is 12.8. The van der Waals surface area contributed by atoms with Crippen molar-refractivity contribution in [2.45, 2.75) is 37.6 Å². The van der Waals surface area contributed by atoms with Crippen molar-refractivity contribution in [1.29, 1.82) is 0 Å². The Hall–Kier alpha value is -1.44. The number of carbonyl (C=O) groups is 1. The Balaban J connectivity index is 2.15. The summed E-state index contributed by atoms with van der Waals surface area (Å²) in [6.45, 7) is 6.39. The maximum absolute atomic E-state index is 12.8. The number of hydrogen-bond acceptors (Lipinski definition) is 4. The summed E-state index contributed by atoms with van der Waals surface area (Å²) in [5, 5.41) is 2.91. The second kappa shape index (κ2) is 8.09. The third kappa shape index (κ3) is 4.55. The summed E-state index contributed by atoms with van der Waals surface area (Å²) in [5.74, 6) is -0.230. The summed E-state index contributed by atoms with van der Waals surface area (Å²) in [7, 11) is -1.57. The molecule has 24 heavy (non-hydrogen) atoms. The average Bonchev–Trinajstić information content (AvgIpc) is 2.55. The van der Waals surface area contributed by atoms with Crippen LogP contribution in [0.3, 0.4) is 0 Å². The molecule has 1 amide bonds. The molecule has 0 aromatic heterocycles. The molecule has 134 valence electrons. The van der Waals surface area contributed by atoms with Crippen molar-refractivity contribution in [3.05, 3.63) is 29.8 Å². The number of carbonyl (C=O) groups excluding carboxylic acids is 1. The van der Waals surface area contributed by atoms with E-state index < -0.39 is 10.0 Å². The lowest BCUT2D eigenvalue weighted by molar-refractivity contribution is 0.0938. The van der Waals surface area contributed by atoms with Gasteiger partial charge in [0.1, 0.15) is 0 Å². The van der Waals surface area contributed by atoms with Gasteiger partial charge in [0, 0.05) is 37.8 Å². The Morgan fingerprint density at radius 1 is 1.25 bits per heavy atom. The second-order valence-corrected chi connectivity index (χ2v) is 8.34. The van der Waals surface area contributed by atoms with E-state index in [4.69, 9.17) is 0 Å². The lowest BCUT2D eigenvalue weighted by Gasteiger charge is -2.31. The fraction of sp³-hybridized carbons (Fsp3) is 0.588. The summed E-state index contributed by atoms with van der Waals surface area (Å²) in [4.78, 5) is 14.6. The number of benzene rings is 1. The van der Waals surface area contributed by atoms with Gasteiger partial charge in [-0.3, -0.25) is 4.79 Å². The molecule has 1 fully saturated rings. The van der Waals surface area contributed by atoms with Crippen LogP contribution in [0.5, 0.6) is 0 Å². The third-order valence-electron chi connectivity index (χ3n) is 4.30. The van der Waals surface area contributed by atoms with E-state index in [0.29, 0.717) is 31.7 Å². The number of likely N-dealkylation sites (N-methyl/N-ethyl adjacent to an activating group) is 1. The average molecular weight is 353 g/mol. The van der Waals surface area contributed by atoms with Crippen LogP contribution in [-0.4, -0.2) is 62.8 Å². The fourth-order valence-electron chi connectivity index (χ4n) is 2.79. The first kappa shape index (κ1) is 18.9. The molecule has 1 aromatic carbocycles. The summed E-state index contributed by atoms with van der Waals surface area (Å²) < 4.78 is 27.0. The highest BCUT2D eigenvalue weighted by Crippen LogP contribution is 2.18. The predicted molar refractivity (Wildman–Crippen MR) is 94.5 cm³/mol. The molecule has 1 aliphatic rings. The molecule has 6 nitrogen and oxygen atoms in total. The standard InChI is InChI=1S/C17H27N3O3S/c1-4-6-14(2)18-17(21)15-7-5-8-16(13-15)24(22,23)20-11-9-19(3)10-12-20/h5,7-8,13-14H,4,6,9-12H2,1-3H3,(H,18,21). The molecule has 1 unspecified atom stereocenters. The van der Waals surface area contributed by atoms with E-state index in [2.05, 4.69) is 17.1 Å². The highest BCUT2D eigenvalue weighted by molar-refractivity contribution is 7.89. The Morgan fingerprint density at radius 2 is 1.92 bits per heavy atom. The molecule has 1 aliphatic heterocycles. The number of rotatable bonds is 6. The molecule has 0 aliphatic carbocycles. The smallest absolute Gasteiger partial charge is 0.251 e. The van der Waals surface area contributed by atoms with E-state index in [1.807, 2.05) is 14.0 Å². The van der Waals surface area contributed by atoms with Gasteiger partial charge in [-0.15, -0.1) is 0 Å². The van der Waals surface area contributed by atoms with Crippen LogP contribution in [0.15, 0.2) is 29.2 Å². The molecule has 0 spiro atoms. The minimum Gasteiger partial charge on any atom is -0.350 e. The zero-order valence-corrected chi connectivity index (χ0v) is 15.5. The molecule has 1 atom stereocenters. The molecular formula is C17H27N3O3S. The number of piperazine rings is 1. The highest BCUT2D eigenvalue weighted by atomic mass is 32.2. The van der Waals surface area contributed by atoms with Gasteiger partial charge in [-0.25, -0.2) is 8.42 Å². The first-order valence-electron chi connectivity index (χ1n) is 8.44. The Labute approximate surface area is 144 Å². The number of hydrogen-bond donors (Lipinski definition) is 1. The second-order valence-electron chi connectivity index (χ2n) is 6.40. The van der Waals surface area contributed by atoms with Gasteiger partial charge < -0.3 is 10.2 Å².